The largest absolute Gasteiger partial charge is 0.316 e. The molecule has 0 aromatic heterocycles. The topological polar surface area (TPSA) is 12.0 Å². The molecule has 0 heterocycles. The first kappa shape index (κ1) is 10.6. The molecule has 0 bridgehead atoms. The third kappa shape index (κ3) is 2.20. The molecule has 82 valence electrons. The molecule has 0 atom stereocenters. The molecule has 1 aromatic carbocycles. The Kier molecular flexibility index (Phi) is 3.06. The number of hydrogen-bond acceptors (Lipinski definition) is 1. The molecule has 2 rings (SSSR count). The van der Waals surface area contributed by atoms with Crippen LogP contribution in [-0.4, -0.2) is 7.05 Å². The SMILES string of the molecule is CNCc1ccc(C2(F)CCCC2)cc1. The van der Waals surface area contributed by atoms with Gasteiger partial charge in [-0.15, -0.1) is 0 Å². The standard InChI is InChI=1S/C13H18FN/c1-15-10-11-4-6-12(7-5-11)13(14)8-2-3-9-13/h4-7,15H,2-3,8-10H2,1H3. The molecule has 2 heteroatoms. The van der Waals surface area contributed by atoms with Crippen molar-refractivity contribution in [1.82, 2.24) is 5.32 Å². The van der Waals surface area contributed by atoms with Crippen molar-refractivity contribution in [2.24, 2.45) is 0 Å². The number of rotatable bonds is 3. The van der Waals surface area contributed by atoms with Crippen molar-refractivity contribution < 1.29 is 4.39 Å². The van der Waals surface area contributed by atoms with Gasteiger partial charge in [0.25, 0.3) is 0 Å². The van der Waals surface area contributed by atoms with E-state index in [4.69, 9.17) is 0 Å². The summed E-state index contributed by atoms with van der Waals surface area (Å²) in [6.07, 6.45) is 3.43. The van der Waals surface area contributed by atoms with Gasteiger partial charge in [0.1, 0.15) is 5.67 Å². The van der Waals surface area contributed by atoms with E-state index < -0.39 is 5.67 Å². The van der Waals surface area contributed by atoms with E-state index in [1.807, 2.05) is 31.3 Å². The monoisotopic (exact) mass is 207 g/mol. The van der Waals surface area contributed by atoms with Crippen LogP contribution in [0.5, 0.6) is 0 Å². The summed E-state index contributed by atoms with van der Waals surface area (Å²) in [7, 11) is 1.92. The minimum absolute atomic E-state index is 0.693. The van der Waals surface area contributed by atoms with Gasteiger partial charge < -0.3 is 5.32 Å². The van der Waals surface area contributed by atoms with Gasteiger partial charge in [-0.2, -0.15) is 0 Å². The quantitative estimate of drug-likeness (QED) is 0.803. The molecule has 0 spiro atoms. The molecular formula is C13H18FN. The molecule has 0 amide bonds. The van der Waals surface area contributed by atoms with E-state index in [2.05, 4.69) is 5.32 Å². The van der Waals surface area contributed by atoms with E-state index in [9.17, 15) is 4.39 Å². The summed E-state index contributed by atoms with van der Waals surface area (Å²) in [6.45, 7) is 0.847. The zero-order valence-electron chi connectivity index (χ0n) is 9.22. The Morgan fingerprint density at radius 1 is 1.20 bits per heavy atom. The third-order valence-electron chi connectivity index (χ3n) is 3.25. The first-order chi connectivity index (χ1) is 7.24. The fourth-order valence-corrected chi connectivity index (χ4v) is 2.35. The lowest BCUT2D eigenvalue weighted by Gasteiger charge is -2.19. The fraction of sp³-hybridized carbons (Fsp3) is 0.538. The van der Waals surface area contributed by atoms with Crippen LogP contribution in [-0.2, 0) is 12.2 Å². The average molecular weight is 207 g/mol. The van der Waals surface area contributed by atoms with Crippen LogP contribution in [0, 0.1) is 0 Å². The zero-order valence-corrected chi connectivity index (χ0v) is 9.22. The third-order valence-corrected chi connectivity index (χ3v) is 3.25. The van der Waals surface area contributed by atoms with Crippen molar-refractivity contribution in [2.45, 2.75) is 37.9 Å². The van der Waals surface area contributed by atoms with Crippen molar-refractivity contribution in [3.8, 4) is 0 Å². The fourth-order valence-electron chi connectivity index (χ4n) is 2.35. The number of alkyl halides is 1. The van der Waals surface area contributed by atoms with Gasteiger partial charge in [-0.25, -0.2) is 4.39 Å². The van der Waals surface area contributed by atoms with Gasteiger partial charge in [-0.1, -0.05) is 24.3 Å². The van der Waals surface area contributed by atoms with Crippen molar-refractivity contribution in [1.29, 1.82) is 0 Å². The van der Waals surface area contributed by atoms with Gasteiger partial charge in [-0.3, -0.25) is 0 Å². The minimum atomic E-state index is -1.04. The van der Waals surface area contributed by atoms with Gasteiger partial charge in [0.15, 0.2) is 0 Å². The molecule has 15 heavy (non-hydrogen) atoms. The Morgan fingerprint density at radius 3 is 2.33 bits per heavy atom. The molecule has 1 N–H and O–H groups in total. The lowest BCUT2D eigenvalue weighted by molar-refractivity contribution is 0.175. The second-order valence-corrected chi connectivity index (χ2v) is 4.40. The normalized spacial score (nSPS) is 19.3. The van der Waals surface area contributed by atoms with E-state index in [-0.39, 0.29) is 0 Å². The van der Waals surface area contributed by atoms with Gasteiger partial charge in [0.05, 0.1) is 0 Å². The van der Waals surface area contributed by atoms with Crippen LogP contribution < -0.4 is 5.32 Å². The summed E-state index contributed by atoms with van der Waals surface area (Å²) < 4.78 is 14.3. The highest BCUT2D eigenvalue weighted by Crippen LogP contribution is 2.42. The van der Waals surface area contributed by atoms with Crippen LogP contribution in [0.2, 0.25) is 0 Å². The molecule has 0 radical (unpaired) electrons. The van der Waals surface area contributed by atoms with Crippen LogP contribution >= 0.6 is 0 Å². The Morgan fingerprint density at radius 2 is 1.80 bits per heavy atom. The predicted octanol–water partition coefficient (Wildman–Crippen LogP) is 3.14. The molecule has 0 unspecified atom stereocenters. The highest BCUT2D eigenvalue weighted by atomic mass is 19.1. The highest BCUT2D eigenvalue weighted by molar-refractivity contribution is 5.28. The maximum atomic E-state index is 14.3. The Hall–Kier alpha value is -0.890. The summed E-state index contributed by atoms with van der Waals surface area (Å²) >= 11 is 0. The lowest BCUT2D eigenvalue weighted by atomic mass is 9.93. The average Bonchev–Trinajstić information content (AvgIpc) is 2.68. The number of benzene rings is 1. The lowest BCUT2D eigenvalue weighted by Crippen LogP contribution is -2.14. The van der Waals surface area contributed by atoms with Gasteiger partial charge >= 0.3 is 0 Å². The molecule has 1 fully saturated rings. The van der Waals surface area contributed by atoms with E-state index >= 15 is 0 Å². The molecule has 1 aliphatic rings. The van der Waals surface area contributed by atoms with Crippen LogP contribution in [0.15, 0.2) is 24.3 Å². The summed E-state index contributed by atoms with van der Waals surface area (Å²) in [6, 6.07) is 7.92. The van der Waals surface area contributed by atoms with Gasteiger partial charge in [0.2, 0.25) is 0 Å². The molecule has 1 aromatic rings. The number of hydrogen-bond donors (Lipinski definition) is 1. The van der Waals surface area contributed by atoms with Crippen molar-refractivity contribution in [2.75, 3.05) is 7.05 Å². The van der Waals surface area contributed by atoms with Crippen molar-refractivity contribution in [3.63, 3.8) is 0 Å². The Balaban J connectivity index is 2.15. The first-order valence-corrected chi connectivity index (χ1v) is 5.67. The summed E-state index contributed by atoms with van der Waals surface area (Å²) in [5, 5.41) is 3.09. The maximum absolute atomic E-state index is 14.3. The molecule has 1 nitrogen and oxygen atoms in total. The second-order valence-electron chi connectivity index (χ2n) is 4.40. The second kappa shape index (κ2) is 4.31. The van der Waals surface area contributed by atoms with Crippen LogP contribution in [0.25, 0.3) is 0 Å². The number of halogens is 1. The van der Waals surface area contributed by atoms with Crippen molar-refractivity contribution in [3.05, 3.63) is 35.4 Å². The Bertz CT molecular complexity index is 312. The van der Waals surface area contributed by atoms with Gasteiger partial charge in [-0.05, 0) is 43.9 Å². The van der Waals surface area contributed by atoms with Gasteiger partial charge in [0, 0.05) is 6.54 Å². The predicted molar refractivity (Wildman–Crippen MR) is 60.5 cm³/mol. The van der Waals surface area contributed by atoms with Crippen LogP contribution in [0.3, 0.4) is 0 Å². The van der Waals surface area contributed by atoms with Crippen LogP contribution in [0.4, 0.5) is 4.39 Å². The summed E-state index contributed by atoms with van der Waals surface area (Å²) in [5.41, 5.74) is 1.03. The number of nitrogens with one attached hydrogen (secondary N) is 1. The van der Waals surface area contributed by atoms with Crippen LogP contribution in [0.1, 0.15) is 36.8 Å². The zero-order chi connectivity index (χ0) is 10.7. The van der Waals surface area contributed by atoms with E-state index in [1.54, 1.807) is 0 Å². The molecule has 1 aliphatic carbocycles. The summed E-state index contributed by atoms with van der Waals surface area (Å²) in [5.74, 6) is 0. The molecular weight excluding hydrogens is 189 g/mol. The first-order valence-electron chi connectivity index (χ1n) is 5.67. The highest BCUT2D eigenvalue weighted by Gasteiger charge is 2.35. The minimum Gasteiger partial charge on any atom is -0.316 e. The molecule has 1 saturated carbocycles. The van der Waals surface area contributed by atoms with E-state index in [0.29, 0.717) is 12.8 Å². The van der Waals surface area contributed by atoms with E-state index in [0.717, 1.165) is 24.9 Å². The molecule has 0 aliphatic heterocycles. The Labute approximate surface area is 90.7 Å². The summed E-state index contributed by atoms with van der Waals surface area (Å²) in [4.78, 5) is 0. The van der Waals surface area contributed by atoms with Crippen molar-refractivity contribution >= 4 is 0 Å². The van der Waals surface area contributed by atoms with E-state index in [1.165, 1.54) is 5.56 Å². The maximum Gasteiger partial charge on any atom is 0.136 e. The smallest absolute Gasteiger partial charge is 0.136 e. The molecule has 0 saturated heterocycles.